The fraction of sp³-hybridized carbons (Fsp3) is 0.909. The Morgan fingerprint density at radius 2 is 1.93 bits per heavy atom. The van der Waals surface area contributed by atoms with Crippen molar-refractivity contribution in [3.63, 3.8) is 0 Å². The van der Waals surface area contributed by atoms with E-state index in [-0.39, 0.29) is 35.6 Å². The summed E-state index contributed by atoms with van der Waals surface area (Å²) in [6, 6.07) is 0. The first-order valence-electron chi connectivity index (χ1n) is 10.8. The summed E-state index contributed by atoms with van der Waals surface area (Å²) in [6.45, 7) is 13.7. The highest BCUT2D eigenvalue weighted by molar-refractivity contribution is 6.74. The van der Waals surface area contributed by atoms with Crippen LogP contribution in [0.15, 0.2) is 12.2 Å². The molecule has 5 heteroatoms. The van der Waals surface area contributed by atoms with E-state index in [2.05, 4.69) is 52.9 Å². The van der Waals surface area contributed by atoms with Gasteiger partial charge in [-0.15, -0.1) is 0 Å². The molecule has 0 aromatic carbocycles. The molecule has 0 aromatic heterocycles. The van der Waals surface area contributed by atoms with Crippen molar-refractivity contribution in [2.24, 2.45) is 11.8 Å². The third-order valence-corrected chi connectivity index (χ3v) is 11.3. The monoisotopic (exact) mass is 398 g/mol. The summed E-state index contributed by atoms with van der Waals surface area (Å²) in [5.41, 5.74) is 0. The normalized spacial score (nSPS) is 33.0. The summed E-state index contributed by atoms with van der Waals surface area (Å²) in [6.07, 6.45) is 10.6. The molecule has 27 heavy (non-hydrogen) atoms. The number of hydrogen-bond donors (Lipinski definition) is 1. The van der Waals surface area contributed by atoms with Crippen LogP contribution in [-0.2, 0) is 13.9 Å². The van der Waals surface area contributed by atoms with Gasteiger partial charge in [0, 0.05) is 25.9 Å². The average molecular weight is 399 g/mol. The van der Waals surface area contributed by atoms with E-state index >= 15 is 0 Å². The summed E-state index contributed by atoms with van der Waals surface area (Å²) < 4.78 is 18.0. The lowest BCUT2D eigenvalue weighted by Gasteiger charge is -2.39. The second-order valence-electron chi connectivity index (χ2n) is 9.92. The first-order chi connectivity index (χ1) is 12.6. The van der Waals surface area contributed by atoms with Crippen LogP contribution in [0.1, 0.15) is 66.2 Å². The van der Waals surface area contributed by atoms with Gasteiger partial charge in [-0.05, 0) is 30.5 Å². The Bertz CT molecular complexity index is 485. The second-order valence-corrected chi connectivity index (χ2v) is 14.7. The maximum atomic E-state index is 10.5. The summed E-state index contributed by atoms with van der Waals surface area (Å²) >= 11 is 0. The molecule has 2 rings (SSSR count). The number of hydrogen-bond acceptors (Lipinski definition) is 4. The Morgan fingerprint density at radius 3 is 2.52 bits per heavy atom. The van der Waals surface area contributed by atoms with Crippen molar-refractivity contribution in [3.05, 3.63) is 12.2 Å². The van der Waals surface area contributed by atoms with Crippen LogP contribution < -0.4 is 0 Å². The maximum absolute atomic E-state index is 10.5. The van der Waals surface area contributed by atoms with Gasteiger partial charge in [-0.2, -0.15) is 0 Å². The zero-order valence-electron chi connectivity index (χ0n) is 18.5. The zero-order valence-corrected chi connectivity index (χ0v) is 19.5. The number of methoxy groups -OCH3 is 1. The van der Waals surface area contributed by atoms with Crippen LogP contribution in [0.5, 0.6) is 0 Å². The molecule has 1 aliphatic carbocycles. The summed E-state index contributed by atoms with van der Waals surface area (Å²) in [5.74, 6) is 0.497. The molecule has 1 N–H and O–H groups in total. The molecule has 2 aliphatic rings. The quantitative estimate of drug-likeness (QED) is 0.326. The van der Waals surface area contributed by atoms with Gasteiger partial charge in [-0.3, -0.25) is 0 Å². The predicted octanol–water partition coefficient (Wildman–Crippen LogP) is 5.27. The Balaban J connectivity index is 2.06. The minimum Gasteiger partial charge on any atom is -0.411 e. The van der Waals surface area contributed by atoms with Gasteiger partial charge in [-0.25, -0.2) is 0 Å². The molecule has 4 nitrogen and oxygen atoms in total. The second kappa shape index (κ2) is 9.53. The Labute approximate surface area is 167 Å². The molecule has 1 saturated heterocycles. The van der Waals surface area contributed by atoms with Crippen molar-refractivity contribution in [2.75, 3.05) is 7.11 Å². The third kappa shape index (κ3) is 5.89. The molecule has 3 unspecified atom stereocenters. The Hall–Kier alpha value is -0.203. The maximum Gasteiger partial charge on any atom is 0.192 e. The van der Waals surface area contributed by atoms with Gasteiger partial charge in [0.2, 0.25) is 0 Å². The third-order valence-electron chi connectivity index (χ3n) is 6.84. The fourth-order valence-electron chi connectivity index (χ4n) is 4.06. The molecule has 0 amide bonds. The SMILES string of the molecule is CCCCC[C@@H](/C=C/C1C2CC(OC)O[C@H]2C[C@H]1O)O[Si](C)(C)C(C)(C)C. The van der Waals surface area contributed by atoms with Crippen molar-refractivity contribution in [1.82, 2.24) is 0 Å². The van der Waals surface area contributed by atoms with Gasteiger partial charge >= 0.3 is 0 Å². The van der Waals surface area contributed by atoms with E-state index in [1.165, 1.54) is 19.3 Å². The average Bonchev–Trinajstić information content (AvgIpc) is 3.08. The van der Waals surface area contributed by atoms with Crippen LogP contribution in [0, 0.1) is 11.8 Å². The van der Waals surface area contributed by atoms with Crippen molar-refractivity contribution in [1.29, 1.82) is 0 Å². The van der Waals surface area contributed by atoms with Gasteiger partial charge in [0.1, 0.15) is 0 Å². The smallest absolute Gasteiger partial charge is 0.192 e. The van der Waals surface area contributed by atoms with E-state index in [0.29, 0.717) is 12.3 Å². The molecular formula is C22H42O4Si. The van der Waals surface area contributed by atoms with Crippen molar-refractivity contribution < 1.29 is 19.0 Å². The number of ether oxygens (including phenoxy) is 2. The molecule has 0 bridgehead atoms. The molecule has 1 saturated carbocycles. The van der Waals surface area contributed by atoms with Crippen LogP contribution in [-0.4, -0.2) is 45.1 Å². The fourth-order valence-corrected chi connectivity index (χ4v) is 5.37. The van der Waals surface area contributed by atoms with Gasteiger partial charge in [0.05, 0.1) is 18.3 Å². The Morgan fingerprint density at radius 1 is 1.22 bits per heavy atom. The van der Waals surface area contributed by atoms with E-state index in [1.54, 1.807) is 7.11 Å². The molecule has 6 atom stereocenters. The van der Waals surface area contributed by atoms with Crippen LogP contribution >= 0.6 is 0 Å². The molecule has 0 spiro atoms. The minimum atomic E-state index is -1.82. The predicted molar refractivity (Wildman–Crippen MR) is 113 cm³/mol. The number of unbranched alkanes of at least 4 members (excludes halogenated alkanes) is 2. The molecular weight excluding hydrogens is 356 g/mol. The lowest BCUT2D eigenvalue weighted by Crippen LogP contribution is -2.43. The number of aliphatic hydroxyl groups excluding tert-OH is 1. The lowest BCUT2D eigenvalue weighted by atomic mass is 9.91. The molecule has 0 radical (unpaired) electrons. The summed E-state index contributed by atoms with van der Waals surface area (Å²) in [7, 11) is -0.125. The standard InChI is InChI=1S/C22H42O4Si/c1-8-9-10-11-16(26-27(6,7)22(2,3)4)12-13-17-18-14-21(24-5)25-20(18)15-19(17)23/h12-13,16-21,23H,8-11,14-15H2,1-7H3/b13-12+/t16-,17?,18?,19+,20-,21?/m0/s1. The first kappa shape index (κ1) is 23.1. The van der Waals surface area contributed by atoms with E-state index in [4.69, 9.17) is 13.9 Å². The van der Waals surface area contributed by atoms with E-state index in [1.807, 2.05) is 0 Å². The highest BCUT2D eigenvalue weighted by Crippen LogP contribution is 2.44. The van der Waals surface area contributed by atoms with Crippen LogP contribution in [0.25, 0.3) is 0 Å². The summed E-state index contributed by atoms with van der Waals surface area (Å²) in [4.78, 5) is 0. The van der Waals surface area contributed by atoms with Gasteiger partial charge in [0.15, 0.2) is 14.6 Å². The van der Waals surface area contributed by atoms with Gasteiger partial charge in [0.25, 0.3) is 0 Å². The topological polar surface area (TPSA) is 47.9 Å². The minimum absolute atomic E-state index is 0.118. The van der Waals surface area contributed by atoms with Crippen molar-refractivity contribution in [3.8, 4) is 0 Å². The van der Waals surface area contributed by atoms with Gasteiger partial charge < -0.3 is 19.0 Å². The molecule has 1 aliphatic heterocycles. The van der Waals surface area contributed by atoms with Crippen LogP contribution in [0.3, 0.4) is 0 Å². The van der Waals surface area contributed by atoms with E-state index < -0.39 is 8.32 Å². The van der Waals surface area contributed by atoms with Crippen LogP contribution in [0.4, 0.5) is 0 Å². The first-order valence-corrected chi connectivity index (χ1v) is 13.7. The highest BCUT2D eigenvalue weighted by Gasteiger charge is 2.48. The molecule has 2 fully saturated rings. The number of rotatable bonds is 9. The lowest BCUT2D eigenvalue weighted by molar-refractivity contribution is -0.118. The summed E-state index contributed by atoms with van der Waals surface area (Å²) in [5, 5.41) is 10.7. The molecule has 1 heterocycles. The largest absolute Gasteiger partial charge is 0.411 e. The molecule has 158 valence electrons. The van der Waals surface area contributed by atoms with E-state index in [9.17, 15) is 5.11 Å². The Kier molecular flexibility index (Phi) is 8.15. The van der Waals surface area contributed by atoms with Crippen LogP contribution in [0.2, 0.25) is 18.1 Å². The van der Waals surface area contributed by atoms with Crippen molar-refractivity contribution in [2.45, 2.75) is 109 Å². The van der Waals surface area contributed by atoms with Crippen molar-refractivity contribution >= 4 is 8.32 Å². The van der Waals surface area contributed by atoms with Gasteiger partial charge in [-0.1, -0.05) is 59.1 Å². The highest BCUT2D eigenvalue weighted by atomic mass is 28.4. The molecule has 0 aromatic rings. The number of aliphatic hydroxyl groups is 1. The zero-order chi connectivity index (χ0) is 20.2. The van der Waals surface area contributed by atoms with E-state index in [0.717, 1.165) is 12.8 Å². The number of fused-ring (bicyclic) bond motifs is 1.